The molecule has 6 aliphatic rings. The van der Waals surface area contributed by atoms with Gasteiger partial charge >= 0.3 is 6.03 Å². The van der Waals surface area contributed by atoms with Crippen LogP contribution < -0.4 is 10.6 Å². The molecule has 17 heteroatoms. The van der Waals surface area contributed by atoms with Crippen LogP contribution in [-0.2, 0) is 14.4 Å². The van der Waals surface area contributed by atoms with E-state index in [1.165, 1.54) is 6.20 Å². The maximum absolute atomic E-state index is 13.9. The summed E-state index contributed by atoms with van der Waals surface area (Å²) in [5.74, 6) is 1.17. The summed E-state index contributed by atoms with van der Waals surface area (Å²) >= 11 is 0. The molecule has 10 rings (SSSR count). The molecule has 4 saturated heterocycles. The zero-order valence-electron chi connectivity index (χ0n) is 37.0. The Labute approximate surface area is 373 Å². The highest BCUT2D eigenvalue weighted by atomic mass is 16.2. The van der Waals surface area contributed by atoms with E-state index in [1.54, 1.807) is 34.1 Å². The standard InChI is InChI=1S/C47H60N12O5/c1-29-9-14-36(49-24-29)41-37(51-44(61)35-25-50-57-21-5-19-48-43(35)57)28-58(53-41)34-12-10-32(11-13-34)46(63)56-22-17-30(18-23-56)33-26-55(27-33)20-4-7-31-6-3-8-38-42(31)54(2)47(64)59(38)39-15-16-40(60)52-45(39)62/h5,9,14,19,21,24-25,28,30-34,38-39,42H,3-4,6-8,10-13,15-18,20,22-23,26-27H2,1-2H3,(H,51,61)(H,52,60,62). The number of nitrogens with one attached hydrogen (secondary N) is 2. The summed E-state index contributed by atoms with van der Waals surface area (Å²) in [6.07, 6.45) is 19.9. The van der Waals surface area contributed by atoms with Gasteiger partial charge in [-0.2, -0.15) is 10.2 Å². The van der Waals surface area contributed by atoms with Crippen molar-refractivity contribution in [3.8, 4) is 11.4 Å². The Kier molecular flexibility index (Phi) is 11.7. The van der Waals surface area contributed by atoms with Crippen LogP contribution in [0, 0.1) is 30.6 Å². The van der Waals surface area contributed by atoms with Crippen molar-refractivity contribution in [2.24, 2.45) is 23.7 Å². The van der Waals surface area contributed by atoms with Gasteiger partial charge < -0.3 is 24.9 Å². The molecule has 4 aromatic rings. The first-order chi connectivity index (χ1) is 31.1. The number of nitrogens with zero attached hydrogens (tertiary/aromatic N) is 10. The van der Waals surface area contributed by atoms with E-state index in [1.807, 2.05) is 41.9 Å². The predicted molar refractivity (Wildman–Crippen MR) is 237 cm³/mol. The molecule has 0 radical (unpaired) electrons. The zero-order chi connectivity index (χ0) is 44.1. The van der Waals surface area contributed by atoms with Gasteiger partial charge in [0.1, 0.15) is 17.3 Å². The Hall–Kier alpha value is -5.71. The number of hydrogen-bond donors (Lipinski definition) is 2. The first-order valence-electron chi connectivity index (χ1n) is 23.6. The van der Waals surface area contributed by atoms with Crippen molar-refractivity contribution in [1.82, 2.24) is 54.3 Å². The molecule has 8 heterocycles. The van der Waals surface area contributed by atoms with Gasteiger partial charge in [0.05, 0.1) is 35.7 Å². The number of anilines is 1. The number of hydrogen-bond acceptors (Lipinski definition) is 10. The lowest BCUT2D eigenvalue weighted by molar-refractivity contribution is -0.139. The van der Waals surface area contributed by atoms with Crippen molar-refractivity contribution in [3.63, 3.8) is 0 Å². The van der Waals surface area contributed by atoms with E-state index in [-0.39, 0.29) is 54.2 Å². The molecule has 338 valence electrons. The van der Waals surface area contributed by atoms with Crippen molar-refractivity contribution >= 4 is 41.0 Å². The summed E-state index contributed by atoms with van der Waals surface area (Å²) in [6, 6.07) is 5.30. The fourth-order valence-electron chi connectivity index (χ4n) is 12.0. The van der Waals surface area contributed by atoms with Crippen LogP contribution in [0.2, 0.25) is 0 Å². The third-order valence-corrected chi connectivity index (χ3v) is 15.5. The quantitative estimate of drug-likeness (QED) is 0.196. The monoisotopic (exact) mass is 872 g/mol. The molecule has 2 N–H and O–H groups in total. The van der Waals surface area contributed by atoms with Crippen LogP contribution >= 0.6 is 0 Å². The molecule has 17 nitrogen and oxygen atoms in total. The number of aryl methyl sites for hydroxylation is 1. The molecule has 4 atom stereocenters. The minimum atomic E-state index is -0.552. The fraction of sp³-hybridized carbons (Fsp3) is 0.596. The lowest BCUT2D eigenvalue weighted by Gasteiger charge is -2.47. The molecule has 6 fully saturated rings. The number of aromatic nitrogens is 6. The Bertz CT molecular complexity index is 2390. The second-order valence-corrected chi connectivity index (χ2v) is 19.3. The molecule has 64 heavy (non-hydrogen) atoms. The average molecular weight is 873 g/mol. The summed E-state index contributed by atoms with van der Waals surface area (Å²) in [6.45, 7) is 6.98. The van der Waals surface area contributed by atoms with Gasteiger partial charge in [-0.15, -0.1) is 0 Å². The number of carbonyl (C=O) groups excluding carboxylic acids is 5. The number of urea groups is 1. The smallest absolute Gasteiger partial charge is 0.321 e. The first kappa shape index (κ1) is 42.3. The highest BCUT2D eigenvalue weighted by Gasteiger charge is 2.53. The molecule has 4 aromatic heterocycles. The molecule has 6 amide bonds. The fourth-order valence-corrected chi connectivity index (χ4v) is 12.0. The molecule has 4 aliphatic heterocycles. The summed E-state index contributed by atoms with van der Waals surface area (Å²) < 4.78 is 3.53. The van der Waals surface area contributed by atoms with E-state index >= 15 is 0 Å². The van der Waals surface area contributed by atoms with Gasteiger partial charge in [0, 0.05) is 70.4 Å². The van der Waals surface area contributed by atoms with Crippen molar-refractivity contribution in [2.75, 3.05) is 45.1 Å². The summed E-state index contributed by atoms with van der Waals surface area (Å²) in [5.41, 5.74) is 3.72. The molecule has 2 aliphatic carbocycles. The van der Waals surface area contributed by atoms with Gasteiger partial charge in [-0.3, -0.25) is 34.2 Å². The Morgan fingerprint density at radius 1 is 0.922 bits per heavy atom. The lowest BCUT2D eigenvalue weighted by Crippen LogP contribution is -2.56. The highest BCUT2D eigenvalue weighted by Crippen LogP contribution is 2.42. The number of likely N-dealkylation sites (N-methyl/N-ethyl adjacent to an activating group) is 1. The Morgan fingerprint density at radius 2 is 1.73 bits per heavy atom. The molecule has 0 spiro atoms. The SMILES string of the molecule is Cc1ccc(-c2nn(C3CCC(C(=O)N4CCC(C5CN(CCCC6CCCC7C6N(C)C(=O)N7C6CCC(=O)NC6=O)C5)CC4)CC3)cc2NC(=O)c2cnn3cccnc23)nc1. The number of pyridine rings is 1. The highest BCUT2D eigenvalue weighted by molar-refractivity contribution is 6.09. The van der Waals surface area contributed by atoms with E-state index in [9.17, 15) is 24.0 Å². The predicted octanol–water partition coefficient (Wildman–Crippen LogP) is 4.94. The van der Waals surface area contributed by atoms with Crippen LogP contribution in [-0.4, -0.2) is 137 Å². The lowest BCUT2D eigenvalue weighted by atomic mass is 9.77. The van der Waals surface area contributed by atoms with E-state index in [4.69, 9.17) is 5.10 Å². The second kappa shape index (κ2) is 17.7. The van der Waals surface area contributed by atoms with Gasteiger partial charge in [-0.05, 0) is 120 Å². The first-order valence-corrected chi connectivity index (χ1v) is 23.6. The van der Waals surface area contributed by atoms with Crippen LogP contribution in [0.4, 0.5) is 10.5 Å². The van der Waals surface area contributed by atoms with Gasteiger partial charge in [0.15, 0.2) is 5.65 Å². The normalized spacial score (nSPS) is 27.2. The van der Waals surface area contributed by atoms with Crippen molar-refractivity contribution in [3.05, 3.63) is 60.3 Å². The number of likely N-dealkylation sites (tertiary alicyclic amines) is 2. The number of imide groups is 1. The van der Waals surface area contributed by atoms with Crippen LogP contribution in [0.3, 0.4) is 0 Å². The molecule has 2 saturated carbocycles. The van der Waals surface area contributed by atoms with E-state index in [2.05, 4.69) is 35.5 Å². The van der Waals surface area contributed by atoms with Crippen LogP contribution in [0.25, 0.3) is 17.0 Å². The summed E-state index contributed by atoms with van der Waals surface area (Å²) in [5, 5.41) is 14.8. The van der Waals surface area contributed by atoms with Crippen LogP contribution in [0.15, 0.2) is 49.2 Å². The molecular weight excluding hydrogens is 813 g/mol. The molecule has 0 bridgehead atoms. The van der Waals surface area contributed by atoms with E-state index in [0.29, 0.717) is 58.4 Å². The average Bonchev–Trinajstić information content (AvgIpc) is 3.99. The van der Waals surface area contributed by atoms with Gasteiger partial charge in [0.2, 0.25) is 17.7 Å². The van der Waals surface area contributed by atoms with Crippen molar-refractivity contribution < 1.29 is 24.0 Å². The molecule has 0 aromatic carbocycles. The van der Waals surface area contributed by atoms with Crippen molar-refractivity contribution in [2.45, 2.75) is 115 Å². The number of amides is 6. The van der Waals surface area contributed by atoms with Gasteiger partial charge in [-0.25, -0.2) is 14.3 Å². The van der Waals surface area contributed by atoms with Crippen LogP contribution in [0.5, 0.6) is 0 Å². The topological polar surface area (TPSA) is 183 Å². The molecule has 4 unspecified atom stereocenters. The Morgan fingerprint density at radius 3 is 2.50 bits per heavy atom. The third kappa shape index (κ3) is 8.15. The van der Waals surface area contributed by atoms with Gasteiger partial charge in [-0.1, -0.05) is 12.5 Å². The summed E-state index contributed by atoms with van der Waals surface area (Å²) in [4.78, 5) is 82.7. The Balaban J connectivity index is 0.673. The minimum Gasteiger partial charge on any atom is -0.342 e. The van der Waals surface area contributed by atoms with E-state index < -0.39 is 6.04 Å². The van der Waals surface area contributed by atoms with Crippen molar-refractivity contribution in [1.29, 1.82) is 0 Å². The number of piperidine rings is 2. The maximum atomic E-state index is 13.9. The number of fused-ring (bicyclic) bond motifs is 2. The maximum Gasteiger partial charge on any atom is 0.321 e. The second-order valence-electron chi connectivity index (χ2n) is 19.3. The zero-order valence-corrected chi connectivity index (χ0v) is 37.0. The minimum absolute atomic E-state index is 0.0187. The van der Waals surface area contributed by atoms with Crippen LogP contribution in [0.1, 0.15) is 105 Å². The largest absolute Gasteiger partial charge is 0.342 e. The number of rotatable bonds is 11. The summed E-state index contributed by atoms with van der Waals surface area (Å²) in [7, 11) is 1.89. The third-order valence-electron chi connectivity index (χ3n) is 15.5. The number of carbonyl (C=O) groups is 5. The van der Waals surface area contributed by atoms with Gasteiger partial charge in [0.25, 0.3) is 5.91 Å². The van der Waals surface area contributed by atoms with E-state index in [0.717, 1.165) is 109 Å². The molecular formula is C47H60N12O5.